The fourth-order valence-corrected chi connectivity index (χ4v) is 3.44. The fraction of sp³-hybridized carbons (Fsp3) is 0.0435. The van der Waals surface area contributed by atoms with Gasteiger partial charge in [0.05, 0.1) is 23.3 Å². The second-order valence-electron chi connectivity index (χ2n) is 6.64. The molecule has 1 aromatic heterocycles. The van der Waals surface area contributed by atoms with E-state index in [-0.39, 0.29) is 11.1 Å². The lowest BCUT2D eigenvalue weighted by Crippen LogP contribution is -2.19. The van der Waals surface area contributed by atoms with E-state index in [4.69, 9.17) is 11.6 Å². The second-order valence-corrected chi connectivity index (χ2v) is 7.07. The average Bonchev–Trinajstić information content (AvgIpc) is 2.72. The number of aromatic carboxylic acids is 1. The van der Waals surface area contributed by atoms with Crippen molar-refractivity contribution >= 4 is 39.8 Å². The van der Waals surface area contributed by atoms with Crippen molar-refractivity contribution in [2.75, 3.05) is 5.32 Å². The summed E-state index contributed by atoms with van der Waals surface area (Å²) < 4.78 is 1.72. The lowest BCUT2D eigenvalue weighted by molar-refractivity contribution is 0.0698. The molecule has 0 spiro atoms. The maximum atomic E-state index is 12.4. The molecular weight excluding hydrogens is 388 g/mol. The fourth-order valence-electron chi connectivity index (χ4n) is 3.27. The zero-order chi connectivity index (χ0) is 20.4. The summed E-state index contributed by atoms with van der Waals surface area (Å²) in [4.78, 5) is 23.9. The number of hydrogen-bond acceptors (Lipinski definition) is 3. The second kappa shape index (κ2) is 7.81. The Kier molecular flexibility index (Phi) is 5.06. The SMILES string of the molecule is O=C(O)c1cc(Cl)ccc1Nc1ccc2c(ccc(=O)n2Cc2ccccc2)c1. The van der Waals surface area contributed by atoms with E-state index in [2.05, 4.69) is 5.32 Å². The van der Waals surface area contributed by atoms with E-state index in [1.54, 1.807) is 28.8 Å². The van der Waals surface area contributed by atoms with Crippen LogP contribution in [0.4, 0.5) is 11.4 Å². The third-order valence-electron chi connectivity index (χ3n) is 4.66. The van der Waals surface area contributed by atoms with Crippen LogP contribution in [0.1, 0.15) is 15.9 Å². The molecule has 0 amide bonds. The zero-order valence-electron chi connectivity index (χ0n) is 15.3. The number of nitrogens with one attached hydrogen (secondary N) is 1. The van der Waals surface area contributed by atoms with Crippen molar-refractivity contribution in [1.29, 1.82) is 0 Å². The standard InChI is InChI=1S/C23H17ClN2O3/c24-17-7-9-20(19(13-17)23(28)29)25-18-8-10-21-16(12-18)6-11-22(27)26(21)14-15-4-2-1-3-5-15/h1-13,25H,14H2,(H,28,29). The summed E-state index contributed by atoms with van der Waals surface area (Å²) in [5.74, 6) is -1.06. The molecule has 0 atom stereocenters. The number of hydrogen-bond donors (Lipinski definition) is 2. The van der Waals surface area contributed by atoms with Gasteiger partial charge in [-0.15, -0.1) is 0 Å². The maximum Gasteiger partial charge on any atom is 0.337 e. The predicted molar refractivity (Wildman–Crippen MR) is 115 cm³/mol. The lowest BCUT2D eigenvalue weighted by Gasteiger charge is -2.13. The summed E-state index contributed by atoms with van der Waals surface area (Å²) in [6.45, 7) is 0.476. The Hall–Kier alpha value is -3.57. The Morgan fingerprint density at radius 2 is 1.76 bits per heavy atom. The molecular formula is C23H17ClN2O3. The number of pyridine rings is 1. The van der Waals surface area contributed by atoms with Crippen LogP contribution in [0.5, 0.6) is 0 Å². The van der Waals surface area contributed by atoms with Gasteiger partial charge in [-0.3, -0.25) is 4.79 Å². The van der Waals surface area contributed by atoms with Crippen LogP contribution in [-0.2, 0) is 6.54 Å². The summed E-state index contributed by atoms with van der Waals surface area (Å²) in [6, 6.07) is 23.3. The van der Waals surface area contributed by atoms with E-state index in [0.29, 0.717) is 22.9 Å². The van der Waals surface area contributed by atoms with E-state index in [1.807, 2.05) is 48.5 Å². The molecule has 0 bridgehead atoms. The highest BCUT2D eigenvalue weighted by Crippen LogP contribution is 2.26. The van der Waals surface area contributed by atoms with Gasteiger partial charge in [-0.25, -0.2) is 4.79 Å². The first-order valence-corrected chi connectivity index (χ1v) is 9.36. The monoisotopic (exact) mass is 404 g/mol. The summed E-state index contributed by atoms with van der Waals surface area (Å²) >= 11 is 5.92. The van der Waals surface area contributed by atoms with Crippen LogP contribution in [0, 0.1) is 0 Å². The number of benzene rings is 3. The van der Waals surface area contributed by atoms with Crippen LogP contribution in [0.25, 0.3) is 10.9 Å². The van der Waals surface area contributed by atoms with Crippen molar-refractivity contribution in [1.82, 2.24) is 4.57 Å². The molecule has 6 heteroatoms. The van der Waals surface area contributed by atoms with Gasteiger partial charge < -0.3 is 15.0 Å². The van der Waals surface area contributed by atoms with Crippen LogP contribution in [0.2, 0.25) is 5.02 Å². The first-order valence-electron chi connectivity index (χ1n) is 8.99. The minimum absolute atomic E-state index is 0.0760. The molecule has 4 aromatic rings. The van der Waals surface area contributed by atoms with E-state index < -0.39 is 5.97 Å². The number of halogens is 1. The third kappa shape index (κ3) is 4.00. The largest absolute Gasteiger partial charge is 0.478 e. The Morgan fingerprint density at radius 3 is 2.52 bits per heavy atom. The van der Waals surface area contributed by atoms with Gasteiger partial charge in [0, 0.05) is 22.2 Å². The number of anilines is 2. The lowest BCUT2D eigenvalue weighted by atomic mass is 10.1. The van der Waals surface area contributed by atoms with Crippen molar-refractivity contribution in [2.45, 2.75) is 6.54 Å². The van der Waals surface area contributed by atoms with Gasteiger partial charge in [-0.05, 0) is 48.0 Å². The molecule has 2 N–H and O–H groups in total. The van der Waals surface area contributed by atoms with Crippen molar-refractivity contribution in [3.63, 3.8) is 0 Å². The zero-order valence-corrected chi connectivity index (χ0v) is 16.1. The molecule has 0 aliphatic rings. The summed E-state index contributed by atoms with van der Waals surface area (Å²) in [7, 11) is 0. The Bertz CT molecular complexity index is 1270. The van der Waals surface area contributed by atoms with Gasteiger partial charge in [0.15, 0.2) is 0 Å². The van der Waals surface area contributed by atoms with E-state index in [1.165, 1.54) is 6.07 Å². The van der Waals surface area contributed by atoms with Crippen molar-refractivity contribution < 1.29 is 9.90 Å². The third-order valence-corrected chi connectivity index (χ3v) is 4.90. The van der Waals surface area contributed by atoms with E-state index in [0.717, 1.165) is 16.5 Å². The molecule has 0 unspecified atom stereocenters. The molecule has 0 aliphatic carbocycles. The predicted octanol–water partition coefficient (Wildman–Crippen LogP) is 5.15. The molecule has 5 nitrogen and oxygen atoms in total. The Labute approximate surface area is 171 Å². The van der Waals surface area contributed by atoms with Crippen LogP contribution in [0.15, 0.2) is 83.7 Å². The van der Waals surface area contributed by atoms with Gasteiger partial charge in [0.25, 0.3) is 5.56 Å². The molecule has 0 fully saturated rings. The number of rotatable bonds is 5. The first-order chi connectivity index (χ1) is 14.0. The summed E-state index contributed by atoms with van der Waals surface area (Å²) in [5.41, 5.74) is 3.02. The molecule has 3 aromatic carbocycles. The number of aromatic nitrogens is 1. The molecule has 0 saturated carbocycles. The average molecular weight is 405 g/mol. The smallest absolute Gasteiger partial charge is 0.337 e. The highest BCUT2D eigenvalue weighted by atomic mass is 35.5. The minimum Gasteiger partial charge on any atom is -0.478 e. The van der Waals surface area contributed by atoms with E-state index in [9.17, 15) is 14.7 Å². The minimum atomic E-state index is -1.06. The summed E-state index contributed by atoms with van der Waals surface area (Å²) in [6.07, 6.45) is 0. The number of carboxylic acids is 1. The number of carbonyl (C=O) groups is 1. The van der Waals surface area contributed by atoms with Crippen LogP contribution >= 0.6 is 11.6 Å². The quantitative estimate of drug-likeness (QED) is 0.483. The summed E-state index contributed by atoms with van der Waals surface area (Å²) in [5, 5.41) is 13.8. The maximum absolute atomic E-state index is 12.4. The molecule has 29 heavy (non-hydrogen) atoms. The molecule has 1 heterocycles. The van der Waals surface area contributed by atoms with Crippen molar-refractivity contribution in [3.05, 3.63) is 105 Å². The van der Waals surface area contributed by atoms with Crippen molar-refractivity contribution in [3.8, 4) is 0 Å². The Morgan fingerprint density at radius 1 is 0.966 bits per heavy atom. The molecule has 144 valence electrons. The first kappa shape index (κ1) is 18.8. The van der Waals surface area contributed by atoms with Gasteiger partial charge in [-0.1, -0.05) is 41.9 Å². The van der Waals surface area contributed by atoms with Gasteiger partial charge in [0.2, 0.25) is 0 Å². The normalized spacial score (nSPS) is 10.8. The molecule has 0 saturated heterocycles. The number of fused-ring (bicyclic) bond motifs is 1. The molecule has 4 rings (SSSR count). The highest BCUT2D eigenvalue weighted by molar-refractivity contribution is 6.31. The van der Waals surface area contributed by atoms with E-state index >= 15 is 0 Å². The van der Waals surface area contributed by atoms with Crippen molar-refractivity contribution in [2.24, 2.45) is 0 Å². The topological polar surface area (TPSA) is 71.3 Å². The van der Waals surface area contributed by atoms with Gasteiger partial charge >= 0.3 is 5.97 Å². The highest BCUT2D eigenvalue weighted by Gasteiger charge is 2.12. The Balaban J connectivity index is 1.72. The van der Waals surface area contributed by atoms with Crippen LogP contribution in [0.3, 0.4) is 0 Å². The number of carboxylic acid groups (broad SMARTS) is 1. The number of nitrogens with zero attached hydrogens (tertiary/aromatic N) is 1. The van der Waals surface area contributed by atoms with Gasteiger partial charge in [0.1, 0.15) is 0 Å². The molecule has 0 aliphatic heterocycles. The van der Waals surface area contributed by atoms with Crippen LogP contribution < -0.4 is 10.9 Å². The van der Waals surface area contributed by atoms with Crippen LogP contribution in [-0.4, -0.2) is 15.6 Å². The van der Waals surface area contributed by atoms with Gasteiger partial charge in [-0.2, -0.15) is 0 Å². The molecule has 0 radical (unpaired) electrons.